The molecule has 2 rings (SSSR count). The highest BCUT2D eigenvalue weighted by Gasteiger charge is 2.08. The van der Waals surface area contributed by atoms with E-state index in [1.807, 2.05) is 14.1 Å². The van der Waals surface area contributed by atoms with Gasteiger partial charge in [-0.15, -0.1) is 0 Å². The Hall–Kier alpha value is -2.18. The molecule has 1 aromatic heterocycles. The number of benzene rings is 1. The molecule has 0 atom stereocenters. The van der Waals surface area contributed by atoms with Crippen LogP contribution in [0.2, 0.25) is 5.02 Å². The Labute approximate surface area is 145 Å². The van der Waals surface area contributed by atoms with Crippen LogP contribution >= 0.6 is 11.6 Å². The number of amides is 1. The highest BCUT2D eigenvalue weighted by atomic mass is 35.5. The number of nitrogens with one attached hydrogen (secondary N) is 2. The van der Waals surface area contributed by atoms with E-state index < -0.39 is 5.82 Å². The van der Waals surface area contributed by atoms with E-state index in [0.717, 1.165) is 13.0 Å². The molecular weight excluding hydrogens is 331 g/mol. The summed E-state index contributed by atoms with van der Waals surface area (Å²) in [5.41, 5.74) is 1.62. The van der Waals surface area contributed by atoms with Crippen LogP contribution in [0.25, 0.3) is 0 Å². The molecule has 0 unspecified atom stereocenters. The molecule has 5 nitrogen and oxygen atoms in total. The van der Waals surface area contributed by atoms with Gasteiger partial charge in [0.2, 0.25) is 0 Å². The van der Waals surface area contributed by atoms with Gasteiger partial charge in [-0.05, 0) is 57.4 Å². The molecule has 1 aromatic carbocycles. The van der Waals surface area contributed by atoms with Gasteiger partial charge in [0.15, 0.2) is 0 Å². The van der Waals surface area contributed by atoms with Crippen molar-refractivity contribution in [1.82, 2.24) is 15.2 Å². The van der Waals surface area contributed by atoms with Crippen LogP contribution in [0, 0.1) is 5.82 Å². The van der Waals surface area contributed by atoms with E-state index in [1.54, 1.807) is 24.4 Å². The van der Waals surface area contributed by atoms with Crippen LogP contribution < -0.4 is 10.6 Å². The molecule has 0 aliphatic heterocycles. The van der Waals surface area contributed by atoms with Crippen molar-refractivity contribution in [2.24, 2.45) is 0 Å². The van der Waals surface area contributed by atoms with Gasteiger partial charge in [-0.25, -0.2) is 4.39 Å². The summed E-state index contributed by atoms with van der Waals surface area (Å²) in [6.45, 7) is 1.49. The second kappa shape index (κ2) is 8.61. The zero-order valence-electron chi connectivity index (χ0n) is 13.6. The molecule has 24 heavy (non-hydrogen) atoms. The average molecular weight is 351 g/mol. The summed E-state index contributed by atoms with van der Waals surface area (Å²) >= 11 is 5.76. The molecule has 0 fully saturated rings. The van der Waals surface area contributed by atoms with Crippen molar-refractivity contribution in [3.63, 3.8) is 0 Å². The Kier molecular flexibility index (Phi) is 6.52. The summed E-state index contributed by atoms with van der Waals surface area (Å²) in [6, 6.07) is 7.70. The number of carbonyl (C=O) groups excluding carboxylic acids is 1. The zero-order chi connectivity index (χ0) is 17.5. The van der Waals surface area contributed by atoms with E-state index in [-0.39, 0.29) is 10.9 Å². The van der Waals surface area contributed by atoms with Crippen LogP contribution in [-0.4, -0.2) is 43.0 Å². The van der Waals surface area contributed by atoms with Crippen LogP contribution in [-0.2, 0) is 0 Å². The summed E-state index contributed by atoms with van der Waals surface area (Å²) in [4.78, 5) is 18.2. The van der Waals surface area contributed by atoms with Crippen molar-refractivity contribution in [2.45, 2.75) is 6.42 Å². The molecule has 2 N–H and O–H groups in total. The van der Waals surface area contributed by atoms with E-state index in [0.29, 0.717) is 23.6 Å². The van der Waals surface area contributed by atoms with Crippen molar-refractivity contribution in [3.8, 4) is 0 Å². The summed E-state index contributed by atoms with van der Waals surface area (Å²) in [6.07, 6.45) is 2.41. The predicted octanol–water partition coefficient (Wildman–Crippen LogP) is 3.30. The number of pyridine rings is 1. The molecule has 128 valence electrons. The van der Waals surface area contributed by atoms with E-state index in [9.17, 15) is 9.18 Å². The van der Waals surface area contributed by atoms with Gasteiger partial charge < -0.3 is 15.5 Å². The SMILES string of the molecule is CN(C)CCCNC(=O)c1cc(Nc2ccc(F)c(Cl)c2)ccn1. The fourth-order valence-corrected chi connectivity index (χ4v) is 2.24. The van der Waals surface area contributed by atoms with Crippen LogP contribution in [0.5, 0.6) is 0 Å². The molecule has 0 aliphatic carbocycles. The molecule has 1 amide bonds. The Morgan fingerprint density at radius 3 is 2.71 bits per heavy atom. The van der Waals surface area contributed by atoms with Gasteiger partial charge in [0.1, 0.15) is 11.5 Å². The smallest absolute Gasteiger partial charge is 0.269 e. The van der Waals surface area contributed by atoms with E-state index in [2.05, 4.69) is 20.5 Å². The molecule has 2 aromatic rings. The molecule has 0 aliphatic rings. The lowest BCUT2D eigenvalue weighted by Crippen LogP contribution is -2.27. The normalized spacial score (nSPS) is 10.7. The Bertz CT molecular complexity index is 709. The number of anilines is 2. The Morgan fingerprint density at radius 2 is 2.00 bits per heavy atom. The highest BCUT2D eigenvalue weighted by Crippen LogP contribution is 2.22. The number of hydrogen-bond donors (Lipinski definition) is 2. The summed E-state index contributed by atoms with van der Waals surface area (Å²) in [5, 5.41) is 5.94. The summed E-state index contributed by atoms with van der Waals surface area (Å²) in [7, 11) is 3.97. The van der Waals surface area contributed by atoms with Gasteiger partial charge in [0.05, 0.1) is 5.02 Å². The minimum atomic E-state index is -0.477. The minimum Gasteiger partial charge on any atom is -0.355 e. The second-order valence-corrected chi connectivity index (χ2v) is 6.00. The van der Waals surface area contributed by atoms with Crippen LogP contribution in [0.1, 0.15) is 16.9 Å². The lowest BCUT2D eigenvalue weighted by molar-refractivity contribution is 0.0947. The van der Waals surface area contributed by atoms with E-state index >= 15 is 0 Å². The third kappa shape index (κ3) is 5.47. The quantitative estimate of drug-likeness (QED) is 0.752. The van der Waals surface area contributed by atoms with Crippen LogP contribution in [0.3, 0.4) is 0 Å². The molecule has 0 bridgehead atoms. The number of rotatable bonds is 7. The first-order valence-electron chi connectivity index (χ1n) is 7.57. The van der Waals surface area contributed by atoms with Crippen molar-refractivity contribution >= 4 is 28.9 Å². The number of nitrogens with zero attached hydrogens (tertiary/aromatic N) is 2. The van der Waals surface area contributed by atoms with E-state index in [1.165, 1.54) is 12.1 Å². The monoisotopic (exact) mass is 350 g/mol. The fourth-order valence-electron chi connectivity index (χ4n) is 2.06. The van der Waals surface area contributed by atoms with Crippen LogP contribution in [0.4, 0.5) is 15.8 Å². The first kappa shape index (κ1) is 18.2. The highest BCUT2D eigenvalue weighted by molar-refractivity contribution is 6.31. The van der Waals surface area contributed by atoms with Gasteiger partial charge in [-0.3, -0.25) is 9.78 Å². The van der Waals surface area contributed by atoms with Gasteiger partial charge in [0.25, 0.3) is 5.91 Å². The largest absolute Gasteiger partial charge is 0.355 e. The van der Waals surface area contributed by atoms with Crippen LogP contribution in [0.15, 0.2) is 36.5 Å². The van der Waals surface area contributed by atoms with Gasteiger partial charge >= 0.3 is 0 Å². The zero-order valence-corrected chi connectivity index (χ0v) is 14.4. The first-order valence-corrected chi connectivity index (χ1v) is 7.94. The molecule has 0 spiro atoms. The third-order valence-corrected chi connectivity index (χ3v) is 3.56. The van der Waals surface area contributed by atoms with Crippen molar-refractivity contribution in [1.29, 1.82) is 0 Å². The first-order chi connectivity index (χ1) is 11.5. The van der Waals surface area contributed by atoms with Crippen molar-refractivity contribution < 1.29 is 9.18 Å². The average Bonchev–Trinajstić information content (AvgIpc) is 2.55. The molecule has 0 radical (unpaired) electrons. The second-order valence-electron chi connectivity index (χ2n) is 5.60. The van der Waals surface area contributed by atoms with Gasteiger partial charge in [-0.1, -0.05) is 11.6 Å². The summed E-state index contributed by atoms with van der Waals surface area (Å²) in [5.74, 6) is -0.704. The Morgan fingerprint density at radius 1 is 1.25 bits per heavy atom. The third-order valence-electron chi connectivity index (χ3n) is 3.27. The molecule has 0 saturated heterocycles. The lowest BCUT2D eigenvalue weighted by atomic mass is 10.2. The topological polar surface area (TPSA) is 57.3 Å². The Balaban J connectivity index is 1.97. The standard InChI is InChI=1S/C17H20ClFN4O/c1-23(2)9-3-7-21-17(24)16-11-13(6-8-20-16)22-12-4-5-15(19)14(18)10-12/h4-6,8,10-11H,3,7,9H2,1-2H3,(H,20,22)(H,21,24). The maximum Gasteiger partial charge on any atom is 0.269 e. The number of halogens is 2. The number of aromatic nitrogens is 1. The maximum atomic E-state index is 13.2. The van der Waals surface area contributed by atoms with E-state index in [4.69, 9.17) is 11.6 Å². The molecule has 7 heteroatoms. The predicted molar refractivity (Wildman–Crippen MR) is 94.4 cm³/mol. The molecule has 0 saturated carbocycles. The molecule has 1 heterocycles. The summed E-state index contributed by atoms with van der Waals surface area (Å²) < 4.78 is 13.2. The number of hydrogen-bond acceptors (Lipinski definition) is 4. The van der Waals surface area contributed by atoms with Gasteiger partial charge in [0, 0.05) is 24.1 Å². The fraction of sp³-hybridized carbons (Fsp3) is 0.294. The van der Waals surface area contributed by atoms with Crippen molar-refractivity contribution in [3.05, 3.63) is 53.1 Å². The number of carbonyl (C=O) groups is 1. The maximum absolute atomic E-state index is 13.2. The lowest BCUT2D eigenvalue weighted by Gasteiger charge is -2.11. The minimum absolute atomic E-state index is 0.0351. The van der Waals surface area contributed by atoms with Crippen molar-refractivity contribution in [2.75, 3.05) is 32.5 Å². The van der Waals surface area contributed by atoms with Gasteiger partial charge in [-0.2, -0.15) is 0 Å². The molecular formula is C17H20ClFN4O.